The predicted octanol–water partition coefficient (Wildman–Crippen LogP) is 4.28. The number of hydrogen-bond donors (Lipinski definition) is 2. The Kier molecular flexibility index (Phi) is 10.7. The van der Waals surface area contributed by atoms with Crippen LogP contribution in [-0.2, 0) is 4.74 Å². The molecule has 1 saturated heterocycles. The molecular weight excluding hydrogens is 477 g/mol. The molecule has 2 aliphatic rings. The maximum Gasteiger partial charge on any atom is 0.194 e. The van der Waals surface area contributed by atoms with E-state index in [-0.39, 0.29) is 24.0 Å². The van der Waals surface area contributed by atoms with E-state index in [4.69, 9.17) is 9.73 Å². The first-order valence-electron chi connectivity index (χ1n) is 11.0. The van der Waals surface area contributed by atoms with Gasteiger partial charge in [0.25, 0.3) is 0 Å². The number of rotatable bonds is 7. The van der Waals surface area contributed by atoms with Gasteiger partial charge in [0.1, 0.15) is 0 Å². The van der Waals surface area contributed by atoms with E-state index in [1.165, 1.54) is 31.2 Å². The van der Waals surface area contributed by atoms with Gasteiger partial charge < -0.3 is 20.1 Å². The van der Waals surface area contributed by atoms with Gasteiger partial charge in [0, 0.05) is 26.2 Å². The summed E-state index contributed by atoms with van der Waals surface area (Å²) in [4.78, 5) is 7.02. The molecule has 2 fully saturated rings. The number of aryl methyl sites for hydroxylation is 1. The molecule has 1 atom stereocenters. The van der Waals surface area contributed by atoms with Crippen LogP contribution in [0.4, 0.5) is 0 Å². The molecule has 164 valence electrons. The molecule has 1 aliphatic carbocycles. The van der Waals surface area contributed by atoms with Crippen LogP contribution in [0.5, 0.6) is 0 Å². The quantitative estimate of drug-likeness (QED) is 0.324. The number of hydrogen-bond acceptors (Lipinski definition) is 3. The lowest BCUT2D eigenvalue weighted by molar-refractivity contribution is 0.000979. The van der Waals surface area contributed by atoms with Crippen molar-refractivity contribution in [3.63, 3.8) is 0 Å². The minimum Gasteiger partial charge on any atom is -0.386 e. The van der Waals surface area contributed by atoms with E-state index in [0.717, 1.165) is 56.5 Å². The molecule has 3 rings (SSSR count). The normalized spacial score (nSPS) is 19.8. The van der Waals surface area contributed by atoms with Crippen LogP contribution in [0.2, 0.25) is 0 Å². The number of likely N-dealkylation sites (tertiary alicyclic amines) is 1. The lowest BCUT2D eigenvalue weighted by Gasteiger charge is -2.34. The van der Waals surface area contributed by atoms with E-state index in [9.17, 15) is 5.11 Å². The van der Waals surface area contributed by atoms with Gasteiger partial charge in [-0.15, -0.1) is 24.0 Å². The molecule has 0 bridgehead atoms. The average molecular weight is 515 g/mol. The van der Waals surface area contributed by atoms with Crippen LogP contribution in [0.15, 0.2) is 29.3 Å². The third kappa shape index (κ3) is 7.72. The number of halogens is 1. The summed E-state index contributed by atoms with van der Waals surface area (Å²) in [5.41, 5.74) is 2.12. The summed E-state index contributed by atoms with van der Waals surface area (Å²) in [7, 11) is 0. The second-order valence-corrected chi connectivity index (χ2v) is 8.29. The van der Waals surface area contributed by atoms with Crippen LogP contribution < -0.4 is 5.32 Å². The lowest BCUT2D eigenvalue weighted by Crippen LogP contribution is -2.47. The van der Waals surface area contributed by atoms with Crippen molar-refractivity contribution in [2.45, 2.75) is 64.6 Å². The van der Waals surface area contributed by atoms with Gasteiger partial charge in [-0.1, -0.05) is 42.7 Å². The number of aliphatic imine (C=N–C) groups is 1. The fraction of sp³-hybridized carbons (Fsp3) is 0.696. The number of aliphatic hydroxyl groups excluding tert-OH is 1. The van der Waals surface area contributed by atoms with Gasteiger partial charge in [0.2, 0.25) is 0 Å². The molecule has 1 aromatic rings. The first-order chi connectivity index (χ1) is 13.7. The molecule has 1 aliphatic heterocycles. The van der Waals surface area contributed by atoms with Crippen LogP contribution in [0, 0.1) is 12.8 Å². The van der Waals surface area contributed by atoms with Crippen molar-refractivity contribution < 1.29 is 9.84 Å². The minimum atomic E-state index is -0.568. The number of ether oxygens (including phenoxy) is 1. The Hall–Kier alpha value is -0.860. The first-order valence-corrected chi connectivity index (χ1v) is 11.0. The van der Waals surface area contributed by atoms with Gasteiger partial charge in [0.05, 0.1) is 18.8 Å². The highest BCUT2D eigenvalue weighted by atomic mass is 127. The molecule has 0 radical (unpaired) electrons. The van der Waals surface area contributed by atoms with Crippen LogP contribution in [0.25, 0.3) is 0 Å². The zero-order valence-electron chi connectivity index (χ0n) is 18.0. The largest absolute Gasteiger partial charge is 0.386 e. The van der Waals surface area contributed by atoms with Crippen molar-refractivity contribution in [1.29, 1.82) is 0 Å². The molecule has 1 aromatic carbocycles. The number of nitrogens with one attached hydrogen (secondary N) is 1. The summed E-state index contributed by atoms with van der Waals surface area (Å²) in [5, 5.41) is 13.9. The Balaban J connectivity index is 0.00000300. The summed E-state index contributed by atoms with van der Waals surface area (Å²) in [6.45, 7) is 8.22. The molecule has 6 heteroatoms. The van der Waals surface area contributed by atoms with Crippen LogP contribution in [0.1, 0.15) is 62.7 Å². The van der Waals surface area contributed by atoms with Crippen molar-refractivity contribution in [3.8, 4) is 0 Å². The highest BCUT2D eigenvalue weighted by Crippen LogP contribution is 2.26. The monoisotopic (exact) mass is 515 g/mol. The van der Waals surface area contributed by atoms with Gasteiger partial charge in [0.15, 0.2) is 5.96 Å². The van der Waals surface area contributed by atoms with Gasteiger partial charge in [-0.2, -0.15) is 0 Å². The molecule has 2 N–H and O–H groups in total. The second kappa shape index (κ2) is 12.7. The highest BCUT2D eigenvalue weighted by Gasteiger charge is 2.24. The summed E-state index contributed by atoms with van der Waals surface area (Å²) in [6.07, 6.45) is 7.38. The van der Waals surface area contributed by atoms with Crippen molar-refractivity contribution in [1.82, 2.24) is 10.2 Å². The molecule has 1 heterocycles. The Labute approximate surface area is 193 Å². The fourth-order valence-electron chi connectivity index (χ4n) is 4.18. The van der Waals surface area contributed by atoms with Gasteiger partial charge >= 0.3 is 0 Å². The van der Waals surface area contributed by atoms with Crippen LogP contribution >= 0.6 is 24.0 Å². The highest BCUT2D eigenvalue weighted by molar-refractivity contribution is 14.0. The lowest BCUT2D eigenvalue weighted by atomic mass is 10.1. The summed E-state index contributed by atoms with van der Waals surface area (Å²) < 4.78 is 6.19. The number of piperidine rings is 1. The molecule has 0 spiro atoms. The van der Waals surface area contributed by atoms with Gasteiger partial charge in [-0.3, -0.25) is 4.99 Å². The van der Waals surface area contributed by atoms with E-state index in [1.807, 2.05) is 24.3 Å². The molecule has 0 amide bonds. The summed E-state index contributed by atoms with van der Waals surface area (Å²) in [5.74, 6) is 1.70. The Morgan fingerprint density at radius 2 is 1.83 bits per heavy atom. The van der Waals surface area contributed by atoms with Crippen LogP contribution in [-0.4, -0.2) is 54.9 Å². The number of benzene rings is 1. The van der Waals surface area contributed by atoms with Crippen LogP contribution in [0.3, 0.4) is 0 Å². The minimum absolute atomic E-state index is 0. The van der Waals surface area contributed by atoms with Crippen molar-refractivity contribution >= 4 is 29.9 Å². The van der Waals surface area contributed by atoms with E-state index in [0.29, 0.717) is 12.6 Å². The Bertz CT molecular complexity index is 609. The molecule has 0 aromatic heterocycles. The number of aliphatic hydroxyl groups is 1. The molecule has 1 unspecified atom stereocenters. The molecule has 1 saturated carbocycles. The smallest absolute Gasteiger partial charge is 0.194 e. The third-order valence-corrected chi connectivity index (χ3v) is 5.99. The second-order valence-electron chi connectivity index (χ2n) is 8.29. The zero-order chi connectivity index (χ0) is 19.8. The zero-order valence-corrected chi connectivity index (χ0v) is 20.3. The van der Waals surface area contributed by atoms with Crippen molar-refractivity contribution in [2.75, 3.05) is 32.8 Å². The van der Waals surface area contributed by atoms with Gasteiger partial charge in [-0.25, -0.2) is 0 Å². The standard InChI is InChI=1S/C23H37N3O2.HI/c1-3-24-23(25-16-22(27)20-10-8-18(2)9-11-20)26-14-12-21(13-15-26)28-17-19-6-4-5-7-19;/h8-11,19,21-22,27H,3-7,12-17H2,1-2H3,(H,24,25);1H. The fourth-order valence-corrected chi connectivity index (χ4v) is 4.18. The Morgan fingerprint density at radius 3 is 2.45 bits per heavy atom. The third-order valence-electron chi connectivity index (χ3n) is 5.99. The average Bonchev–Trinajstić information content (AvgIpc) is 3.24. The van der Waals surface area contributed by atoms with E-state index >= 15 is 0 Å². The van der Waals surface area contributed by atoms with E-state index in [1.54, 1.807) is 0 Å². The van der Waals surface area contributed by atoms with Crippen molar-refractivity contribution in [3.05, 3.63) is 35.4 Å². The first kappa shape index (κ1) is 24.4. The maximum absolute atomic E-state index is 10.5. The Morgan fingerprint density at radius 1 is 1.17 bits per heavy atom. The maximum atomic E-state index is 10.5. The molecular formula is C23H38IN3O2. The SMILES string of the molecule is CCNC(=NCC(O)c1ccc(C)cc1)N1CCC(OCC2CCCC2)CC1.I. The van der Waals surface area contributed by atoms with E-state index < -0.39 is 6.10 Å². The molecule has 29 heavy (non-hydrogen) atoms. The van der Waals surface area contributed by atoms with E-state index in [2.05, 4.69) is 24.1 Å². The topological polar surface area (TPSA) is 57.1 Å². The summed E-state index contributed by atoms with van der Waals surface area (Å²) in [6, 6.07) is 8.03. The van der Waals surface area contributed by atoms with Gasteiger partial charge in [-0.05, 0) is 51.0 Å². The number of guanidine groups is 1. The van der Waals surface area contributed by atoms with Crippen molar-refractivity contribution in [2.24, 2.45) is 10.9 Å². The number of nitrogens with zero attached hydrogens (tertiary/aromatic N) is 2. The predicted molar refractivity (Wildman–Crippen MR) is 130 cm³/mol. The summed E-state index contributed by atoms with van der Waals surface area (Å²) >= 11 is 0. The molecule has 5 nitrogen and oxygen atoms in total.